The van der Waals surface area contributed by atoms with Crippen LogP contribution >= 0.6 is 0 Å². The van der Waals surface area contributed by atoms with Crippen LogP contribution in [0.1, 0.15) is 44.9 Å². The van der Waals surface area contributed by atoms with Crippen molar-refractivity contribution in [3.8, 4) is 0 Å². The van der Waals surface area contributed by atoms with Gasteiger partial charge in [0.25, 0.3) is 5.91 Å². The van der Waals surface area contributed by atoms with E-state index >= 15 is 0 Å². The largest absolute Gasteiger partial charge is 0.436 e. The van der Waals surface area contributed by atoms with Crippen molar-refractivity contribution in [3.63, 3.8) is 0 Å². The summed E-state index contributed by atoms with van der Waals surface area (Å²) in [5.74, 6) is 0.504. The molecule has 1 fully saturated rings. The third kappa shape index (κ3) is 5.06. The van der Waals surface area contributed by atoms with Gasteiger partial charge in [-0.15, -0.1) is 0 Å². The minimum absolute atomic E-state index is 0.282. The third-order valence-electron chi connectivity index (χ3n) is 3.35. The van der Waals surface area contributed by atoms with E-state index in [0.717, 1.165) is 18.8 Å². The number of nitrogens with one attached hydrogen (secondary N) is 1. The number of carbonyl (C=O) groups is 2. The highest BCUT2D eigenvalue weighted by Gasteiger charge is 2.21. The molecule has 0 aromatic heterocycles. The molecule has 0 saturated heterocycles. The second-order valence-corrected chi connectivity index (χ2v) is 4.62. The molecule has 1 aliphatic rings. The van der Waals surface area contributed by atoms with E-state index in [4.69, 9.17) is 10.5 Å². The number of ether oxygens (including phenoxy) is 1. The molecule has 1 saturated carbocycles. The van der Waals surface area contributed by atoms with Crippen LogP contribution in [0.5, 0.6) is 0 Å². The minimum Gasteiger partial charge on any atom is -0.436 e. The highest BCUT2D eigenvalue weighted by Crippen LogP contribution is 2.29. The van der Waals surface area contributed by atoms with Crippen LogP contribution in [-0.4, -0.2) is 25.2 Å². The maximum absolute atomic E-state index is 11.4. The molecule has 2 amide bonds. The van der Waals surface area contributed by atoms with Crippen LogP contribution < -0.4 is 11.1 Å². The van der Waals surface area contributed by atoms with Crippen molar-refractivity contribution in [1.29, 1.82) is 0 Å². The van der Waals surface area contributed by atoms with Gasteiger partial charge in [0.05, 0.1) is 0 Å². The molecule has 0 spiro atoms. The number of nitrogens with two attached hydrogens (primary N) is 1. The van der Waals surface area contributed by atoms with Crippen molar-refractivity contribution in [1.82, 2.24) is 5.32 Å². The molecule has 1 aliphatic carbocycles. The summed E-state index contributed by atoms with van der Waals surface area (Å²) in [6, 6.07) is 0. The number of hydrogen-bond acceptors (Lipinski definition) is 3. The molecule has 1 rings (SSSR count). The first-order valence-electron chi connectivity index (χ1n) is 6.31. The molecule has 0 heterocycles. The van der Waals surface area contributed by atoms with Crippen LogP contribution in [0.25, 0.3) is 0 Å². The Morgan fingerprint density at radius 2 is 2.06 bits per heavy atom. The Hall–Kier alpha value is -1.26. The number of rotatable bonds is 6. The molecule has 5 heteroatoms. The normalized spacial score (nSPS) is 17.7. The van der Waals surface area contributed by atoms with E-state index in [2.05, 4.69) is 5.32 Å². The molecule has 5 nitrogen and oxygen atoms in total. The van der Waals surface area contributed by atoms with Crippen molar-refractivity contribution >= 4 is 12.0 Å². The molecule has 1 atom stereocenters. The minimum atomic E-state index is -0.889. The van der Waals surface area contributed by atoms with Crippen LogP contribution in [0.15, 0.2) is 0 Å². The fourth-order valence-electron chi connectivity index (χ4n) is 2.44. The summed E-state index contributed by atoms with van der Waals surface area (Å²) >= 11 is 0. The van der Waals surface area contributed by atoms with Crippen LogP contribution in [-0.2, 0) is 9.53 Å². The SMILES string of the molecule is CNC(=O)C(CCCC1CCCC1)OC(N)=O. The quantitative estimate of drug-likeness (QED) is 0.741. The van der Waals surface area contributed by atoms with E-state index in [1.807, 2.05) is 0 Å². The van der Waals surface area contributed by atoms with Gasteiger partial charge >= 0.3 is 6.09 Å². The van der Waals surface area contributed by atoms with Crippen LogP contribution in [0.4, 0.5) is 4.79 Å². The van der Waals surface area contributed by atoms with E-state index in [-0.39, 0.29) is 5.91 Å². The summed E-state index contributed by atoms with van der Waals surface area (Å²) in [6.07, 6.45) is 6.16. The van der Waals surface area contributed by atoms with Crippen molar-refractivity contribution in [2.45, 2.75) is 51.0 Å². The zero-order chi connectivity index (χ0) is 12.7. The molecule has 0 aromatic carbocycles. The third-order valence-corrected chi connectivity index (χ3v) is 3.35. The lowest BCUT2D eigenvalue weighted by Crippen LogP contribution is -2.37. The summed E-state index contributed by atoms with van der Waals surface area (Å²) in [4.78, 5) is 22.1. The molecule has 3 N–H and O–H groups in total. The topological polar surface area (TPSA) is 81.4 Å². The second-order valence-electron chi connectivity index (χ2n) is 4.62. The first-order valence-corrected chi connectivity index (χ1v) is 6.31. The van der Waals surface area contributed by atoms with Crippen LogP contribution in [0.2, 0.25) is 0 Å². The van der Waals surface area contributed by atoms with Crippen LogP contribution in [0, 0.1) is 5.92 Å². The summed E-state index contributed by atoms with van der Waals surface area (Å²) in [6.45, 7) is 0. The van der Waals surface area contributed by atoms with Gasteiger partial charge in [-0.3, -0.25) is 4.79 Å². The number of hydrogen-bond donors (Lipinski definition) is 2. The Labute approximate surface area is 102 Å². The van der Waals surface area contributed by atoms with E-state index in [1.165, 1.54) is 32.7 Å². The average Bonchev–Trinajstić information content (AvgIpc) is 2.79. The summed E-state index contributed by atoms with van der Waals surface area (Å²) < 4.78 is 4.79. The van der Waals surface area contributed by atoms with Crippen molar-refractivity contribution in [2.75, 3.05) is 7.05 Å². The first kappa shape index (κ1) is 13.8. The highest BCUT2D eigenvalue weighted by molar-refractivity contribution is 5.82. The summed E-state index contributed by atoms with van der Waals surface area (Å²) in [5, 5.41) is 2.48. The molecule has 0 aliphatic heterocycles. The standard InChI is InChI=1S/C12H22N2O3/c1-14-11(15)10(17-12(13)16)8-4-7-9-5-2-3-6-9/h9-10H,2-8H2,1H3,(H2,13,16)(H,14,15). The van der Waals surface area contributed by atoms with Gasteiger partial charge < -0.3 is 15.8 Å². The summed E-state index contributed by atoms with van der Waals surface area (Å²) in [5.41, 5.74) is 4.94. The molecule has 0 radical (unpaired) electrons. The molecule has 98 valence electrons. The number of amides is 2. The molecular formula is C12H22N2O3. The van der Waals surface area contributed by atoms with Gasteiger partial charge in [-0.05, 0) is 18.8 Å². The fourth-order valence-corrected chi connectivity index (χ4v) is 2.44. The average molecular weight is 242 g/mol. The van der Waals surface area contributed by atoms with Crippen molar-refractivity contribution in [3.05, 3.63) is 0 Å². The van der Waals surface area contributed by atoms with Gasteiger partial charge in [0.1, 0.15) is 0 Å². The maximum atomic E-state index is 11.4. The highest BCUT2D eigenvalue weighted by atomic mass is 16.6. The predicted molar refractivity (Wildman–Crippen MR) is 64.3 cm³/mol. The fraction of sp³-hybridized carbons (Fsp3) is 0.833. The Kier molecular flexibility index (Phi) is 5.80. The Bertz CT molecular complexity index is 262. The zero-order valence-corrected chi connectivity index (χ0v) is 10.4. The van der Waals surface area contributed by atoms with E-state index in [1.54, 1.807) is 0 Å². The van der Waals surface area contributed by atoms with E-state index < -0.39 is 12.2 Å². The molecule has 0 aromatic rings. The van der Waals surface area contributed by atoms with Crippen molar-refractivity contribution in [2.24, 2.45) is 11.7 Å². The second kappa shape index (κ2) is 7.14. The van der Waals surface area contributed by atoms with Gasteiger partial charge in [0, 0.05) is 7.05 Å². The van der Waals surface area contributed by atoms with Crippen molar-refractivity contribution < 1.29 is 14.3 Å². The molecule has 17 heavy (non-hydrogen) atoms. The van der Waals surface area contributed by atoms with Gasteiger partial charge in [-0.25, -0.2) is 4.79 Å². The lowest BCUT2D eigenvalue weighted by Gasteiger charge is -2.16. The smallest absolute Gasteiger partial charge is 0.405 e. The van der Waals surface area contributed by atoms with Gasteiger partial charge in [0.15, 0.2) is 6.10 Å². The summed E-state index contributed by atoms with van der Waals surface area (Å²) in [7, 11) is 1.52. The molecule has 0 bridgehead atoms. The predicted octanol–water partition coefficient (Wildman–Crippen LogP) is 1.56. The Balaban J connectivity index is 2.27. The Morgan fingerprint density at radius 3 is 2.59 bits per heavy atom. The number of primary amides is 1. The van der Waals surface area contributed by atoms with Gasteiger partial charge in [-0.1, -0.05) is 32.1 Å². The first-order chi connectivity index (χ1) is 8.13. The lowest BCUT2D eigenvalue weighted by atomic mass is 9.99. The molecular weight excluding hydrogens is 220 g/mol. The number of likely N-dealkylation sites (N-methyl/N-ethyl adjacent to an activating group) is 1. The van der Waals surface area contributed by atoms with Gasteiger partial charge in [-0.2, -0.15) is 0 Å². The zero-order valence-electron chi connectivity index (χ0n) is 10.4. The molecule has 1 unspecified atom stereocenters. The number of carbonyl (C=O) groups excluding carboxylic acids is 2. The van der Waals surface area contributed by atoms with Crippen LogP contribution in [0.3, 0.4) is 0 Å². The van der Waals surface area contributed by atoms with E-state index in [9.17, 15) is 9.59 Å². The lowest BCUT2D eigenvalue weighted by molar-refractivity contribution is -0.129. The van der Waals surface area contributed by atoms with Gasteiger partial charge in [0.2, 0.25) is 0 Å². The maximum Gasteiger partial charge on any atom is 0.405 e. The van der Waals surface area contributed by atoms with E-state index in [0.29, 0.717) is 6.42 Å². The Morgan fingerprint density at radius 1 is 1.41 bits per heavy atom. The monoisotopic (exact) mass is 242 g/mol.